The summed E-state index contributed by atoms with van der Waals surface area (Å²) in [4.78, 5) is 24.8. The van der Waals surface area contributed by atoms with Crippen molar-refractivity contribution in [3.63, 3.8) is 0 Å². The van der Waals surface area contributed by atoms with Gasteiger partial charge >= 0.3 is 0 Å². The quantitative estimate of drug-likeness (QED) is 0.738. The van der Waals surface area contributed by atoms with Gasteiger partial charge in [-0.2, -0.15) is 0 Å². The lowest BCUT2D eigenvalue weighted by Crippen LogP contribution is -2.40. The van der Waals surface area contributed by atoms with E-state index in [1.165, 1.54) is 12.8 Å². The van der Waals surface area contributed by atoms with Gasteiger partial charge in [0.05, 0.1) is 6.54 Å². The van der Waals surface area contributed by atoms with Gasteiger partial charge in [0.15, 0.2) is 0 Å². The number of hydrogen-bond acceptors (Lipinski definition) is 2. The van der Waals surface area contributed by atoms with Crippen LogP contribution in [0.15, 0.2) is 0 Å². The van der Waals surface area contributed by atoms with Crippen molar-refractivity contribution in [1.82, 2.24) is 10.2 Å². The molecule has 2 amide bonds. The second-order valence-electron chi connectivity index (χ2n) is 4.65. The minimum atomic E-state index is -0.00947. The molecule has 15 heavy (non-hydrogen) atoms. The molecule has 2 rings (SSSR count). The zero-order valence-corrected chi connectivity index (χ0v) is 9.16. The number of nitrogens with one attached hydrogen (secondary N) is 1. The Kier molecular flexibility index (Phi) is 2.93. The summed E-state index contributed by atoms with van der Waals surface area (Å²) in [6, 6.07) is 0.0544. The summed E-state index contributed by atoms with van der Waals surface area (Å²) in [6.07, 6.45) is 4.17. The molecule has 1 aliphatic carbocycles. The summed E-state index contributed by atoms with van der Waals surface area (Å²) in [5, 5.41) is 2.63. The lowest BCUT2D eigenvalue weighted by molar-refractivity contribution is -0.131. The molecular formula is C11H18N2O2. The SMILES string of the molecule is CC1CC(=O)NCC(=O)N1CCC1CC1. The largest absolute Gasteiger partial charge is 0.347 e. The van der Waals surface area contributed by atoms with Crippen molar-refractivity contribution < 1.29 is 9.59 Å². The molecule has 4 nitrogen and oxygen atoms in total. The van der Waals surface area contributed by atoms with E-state index in [2.05, 4.69) is 5.32 Å². The Hall–Kier alpha value is -1.06. The minimum Gasteiger partial charge on any atom is -0.347 e. The lowest BCUT2D eigenvalue weighted by atomic mass is 10.2. The Balaban J connectivity index is 1.91. The van der Waals surface area contributed by atoms with Gasteiger partial charge in [0.1, 0.15) is 0 Å². The number of hydrogen-bond donors (Lipinski definition) is 1. The molecule has 0 radical (unpaired) electrons. The molecule has 0 spiro atoms. The second-order valence-corrected chi connectivity index (χ2v) is 4.65. The molecule has 1 saturated carbocycles. The van der Waals surface area contributed by atoms with Crippen LogP contribution in [0.1, 0.15) is 32.6 Å². The van der Waals surface area contributed by atoms with Gasteiger partial charge in [0, 0.05) is 19.0 Å². The molecule has 0 aromatic heterocycles. The van der Waals surface area contributed by atoms with Crippen LogP contribution >= 0.6 is 0 Å². The molecule has 1 N–H and O–H groups in total. The molecule has 2 fully saturated rings. The van der Waals surface area contributed by atoms with Crippen molar-refractivity contribution in [1.29, 1.82) is 0 Å². The fourth-order valence-corrected chi connectivity index (χ4v) is 2.05. The molecule has 2 aliphatic rings. The highest BCUT2D eigenvalue weighted by Crippen LogP contribution is 2.32. The van der Waals surface area contributed by atoms with Crippen LogP contribution in [-0.4, -0.2) is 35.8 Å². The molecule has 1 atom stereocenters. The third kappa shape index (κ3) is 2.70. The van der Waals surface area contributed by atoms with E-state index in [1.54, 1.807) is 0 Å². The minimum absolute atomic E-state index is 0.00947. The molecule has 1 unspecified atom stereocenters. The number of carbonyl (C=O) groups excluding carboxylic acids is 2. The maximum atomic E-state index is 11.7. The van der Waals surface area contributed by atoms with Gasteiger partial charge in [-0.05, 0) is 19.3 Å². The molecular weight excluding hydrogens is 192 g/mol. The van der Waals surface area contributed by atoms with Gasteiger partial charge in [-0.25, -0.2) is 0 Å². The lowest BCUT2D eigenvalue weighted by Gasteiger charge is -2.26. The zero-order chi connectivity index (χ0) is 10.8. The molecule has 0 aromatic carbocycles. The average Bonchev–Trinajstić information content (AvgIpc) is 2.97. The zero-order valence-electron chi connectivity index (χ0n) is 9.16. The van der Waals surface area contributed by atoms with Gasteiger partial charge in [0.2, 0.25) is 11.8 Å². The van der Waals surface area contributed by atoms with Crippen molar-refractivity contribution in [2.24, 2.45) is 5.92 Å². The Morgan fingerprint density at radius 2 is 2.13 bits per heavy atom. The fraction of sp³-hybridized carbons (Fsp3) is 0.818. The highest BCUT2D eigenvalue weighted by molar-refractivity contribution is 5.87. The van der Waals surface area contributed by atoms with Crippen molar-refractivity contribution in [2.45, 2.75) is 38.6 Å². The van der Waals surface area contributed by atoms with Crippen LogP contribution in [0.4, 0.5) is 0 Å². The standard InChI is InChI=1S/C11H18N2O2/c1-8-6-10(14)12-7-11(15)13(8)5-4-9-2-3-9/h8-9H,2-7H2,1H3,(H,12,14). The van der Waals surface area contributed by atoms with E-state index in [9.17, 15) is 9.59 Å². The van der Waals surface area contributed by atoms with E-state index >= 15 is 0 Å². The number of carbonyl (C=O) groups is 2. The topological polar surface area (TPSA) is 49.4 Å². The van der Waals surface area contributed by atoms with Gasteiger partial charge in [-0.1, -0.05) is 12.8 Å². The first-order chi connectivity index (χ1) is 7.16. The molecule has 1 heterocycles. The van der Waals surface area contributed by atoms with Crippen LogP contribution in [0.3, 0.4) is 0 Å². The van der Waals surface area contributed by atoms with Crippen LogP contribution in [0.5, 0.6) is 0 Å². The summed E-state index contributed by atoms with van der Waals surface area (Å²) in [5.41, 5.74) is 0. The summed E-state index contributed by atoms with van der Waals surface area (Å²) in [5.74, 6) is 0.885. The number of amides is 2. The Labute approximate surface area is 90.0 Å². The third-order valence-corrected chi connectivity index (χ3v) is 3.25. The summed E-state index contributed by atoms with van der Waals surface area (Å²) in [6.45, 7) is 2.95. The Morgan fingerprint density at radius 3 is 2.80 bits per heavy atom. The van der Waals surface area contributed by atoms with E-state index < -0.39 is 0 Å². The van der Waals surface area contributed by atoms with E-state index in [0.717, 1.165) is 18.9 Å². The average molecular weight is 210 g/mol. The number of nitrogens with zero attached hydrogens (tertiary/aromatic N) is 1. The Morgan fingerprint density at radius 1 is 1.40 bits per heavy atom. The maximum absolute atomic E-state index is 11.7. The van der Waals surface area contributed by atoms with Gasteiger partial charge in [0.25, 0.3) is 0 Å². The molecule has 1 aliphatic heterocycles. The second kappa shape index (κ2) is 4.21. The predicted octanol–water partition coefficient (Wildman–Crippen LogP) is 0.523. The van der Waals surface area contributed by atoms with E-state index in [0.29, 0.717) is 6.42 Å². The third-order valence-electron chi connectivity index (χ3n) is 3.25. The molecule has 0 aromatic rings. The monoisotopic (exact) mass is 210 g/mol. The molecule has 4 heteroatoms. The van der Waals surface area contributed by atoms with Crippen LogP contribution in [-0.2, 0) is 9.59 Å². The first-order valence-electron chi connectivity index (χ1n) is 5.73. The first-order valence-corrected chi connectivity index (χ1v) is 5.73. The van der Waals surface area contributed by atoms with Crippen molar-refractivity contribution in [2.75, 3.05) is 13.1 Å². The summed E-state index contributed by atoms with van der Waals surface area (Å²) >= 11 is 0. The summed E-state index contributed by atoms with van der Waals surface area (Å²) in [7, 11) is 0. The van der Waals surface area contributed by atoms with E-state index in [1.807, 2.05) is 11.8 Å². The smallest absolute Gasteiger partial charge is 0.242 e. The van der Waals surface area contributed by atoms with Crippen molar-refractivity contribution in [3.05, 3.63) is 0 Å². The fourth-order valence-electron chi connectivity index (χ4n) is 2.05. The number of rotatable bonds is 3. The molecule has 0 bridgehead atoms. The van der Waals surface area contributed by atoms with Gasteiger partial charge in [-0.15, -0.1) is 0 Å². The van der Waals surface area contributed by atoms with E-state index in [4.69, 9.17) is 0 Å². The first kappa shape index (κ1) is 10.5. The molecule has 1 saturated heterocycles. The van der Waals surface area contributed by atoms with Gasteiger partial charge in [-0.3, -0.25) is 9.59 Å². The van der Waals surface area contributed by atoms with Crippen molar-refractivity contribution >= 4 is 11.8 Å². The van der Waals surface area contributed by atoms with Crippen LogP contribution in [0.2, 0.25) is 0 Å². The van der Waals surface area contributed by atoms with Gasteiger partial charge < -0.3 is 10.2 Å². The van der Waals surface area contributed by atoms with Crippen LogP contribution in [0.25, 0.3) is 0 Å². The predicted molar refractivity (Wildman–Crippen MR) is 56.1 cm³/mol. The van der Waals surface area contributed by atoms with Crippen LogP contribution < -0.4 is 5.32 Å². The normalized spacial score (nSPS) is 27.5. The van der Waals surface area contributed by atoms with Crippen molar-refractivity contribution in [3.8, 4) is 0 Å². The summed E-state index contributed by atoms with van der Waals surface area (Å²) < 4.78 is 0. The van der Waals surface area contributed by atoms with E-state index in [-0.39, 0.29) is 24.4 Å². The van der Waals surface area contributed by atoms with Crippen LogP contribution in [0, 0.1) is 5.92 Å². The highest BCUT2D eigenvalue weighted by atomic mass is 16.2. The highest BCUT2D eigenvalue weighted by Gasteiger charge is 2.28. The Bertz CT molecular complexity index is 274. The maximum Gasteiger partial charge on any atom is 0.242 e. The molecule has 84 valence electrons.